The van der Waals surface area contributed by atoms with E-state index in [2.05, 4.69) is 20.9 Å². The number of aromatic hydroxyl groups is 1. The summed E-state index contributed by atoms with van der Waals surface area (Å²) in [4.78, 5) is 62.2. The van der Waals surface area contributed by atoms with Crippen LogP contribution in [0.25, 0.3) is 10.9 Å². The molecule has 1 aromatic heterocycles. The largest absolute Gasteiger partial charge is 0.508 e. The molecule has 0 bridgehead atoms. The first-order valence-corrected chi connectivity index (χ1v) is 13.4. The molecule has 6 N–H and O–H groups in total. The van der Waals surface area contributed by atoms with E-state index < -0.39 is 29.3 Å². The van der Waals surface area contributed by atoms with Crippen LogP contribution in [0.15, 0.2) is 24.4 Å². The van der Waals surface area contributed by atoms with E-state index in [1.807, 2.05) is 6.20 Å². The van der Waals surface area contributed by atoms with E-state index in [-0.39, 0.29) is 55.1 Å². The number of phenols is 1. The van der Waals surface area contributed by atoms with Crippen molar-refractivity contribution in [2.75, 3.05) is 32.0 Å². The smallest absolute Gasteiger partial charge is 0.302 e. The fourth-order valence-electron chi connectivity index (χ4n) is 3.52. The second-order valence-corrected chi connectivity index (χ2v) is 10.8. The van der Waals surface area contributed by atoms with E-state index in [0.717, 1.165) is 28.2 Å². The van der Waals surface area contributed by atoms with Gasteiger partial charge in [-0.05, 0) is 30.2 Å². The van der Waals surface area contributed by atoms with E-state index in [9.17, 15) is 34.2 Å². The lowest BCUT2D eigenvalue weighted by Crippen LogP contribution is -2.46. The van der Waals surface area contributed by atoms with Crippen molar-refractivity contribution in [1.29, 1.82) is 0 Å². The summed E-state index contributed by atoms with van der Waals surface area (Å²) in [6.07, 6.45) is 0.615. The third-order valence-corrected chi connectivity index (χ3v) is 6.62. The summed E-state index contributed by atoms with van der Waals surface area (Å²) in [6.45, 7) is 4.80. The molecule has 12 nitrogen and oxygen atoms in total. The van der Waals surface area contributed by atoms with E-state index >= 15 is 0 Å². The first-order chi connectivity index (χ1) is 18.4. The minimum atomic E-state index is -1.43. The van der Waals surface area contributed by atoms with Gasteiger partial charge in [0.1, 0.15) is 11.9 Å². The van der Waals surface area contributed by atoms with Gasteiger partial charge in [-0.15, -0.1) is 0 Å². The summed E-state index contributed by atoms with van der Waals surface area (Å²) in [5.74, 6) is -1.50. The van der Waals surface area contributed by atoms with Crippen molar-refractivity contribution >= 4 is 51.5 Å². The van der Waals surface area contributed by atoms with Gasteiger partial charge in [0.15, 0.2) is 5.12 Å². The highest BCUT2D eigenvalue weighted by Crippen LogP contribution is 2.23. The number of rotatable bonds is 15. The number of aromatic amines is 1. The molecule has 0 aliphatic heterocycles. The second kappa shape index (κ2) is 15.1. The van der Waals surface area contributed by atoms with Crippen molar-refractivity contribution in [3.63, 3.8) is 0 Å². The zero-order chi connectivity index (χ0) is 29.0. The van der Waals surface area contributed by atoms with E-state index in [1.54, 1.807) is 32.0 Å². The number of fused-ring (bicyclic) bond motifs is 1. The van der Waals surface area contributed by atoms with Crippen LogP contribution in [0.4, 0.5) is 0 Å². The van der Waals surface area contributed by atoms with Crippen molar-refractivity contribution in [2.45, 2.75) is 46.1 Å². The Morgan fingerprint density at radius 2 is 1.77 bits per heavy atom. The number of aromatic nitrogens is 1. The SMILES string of the molecule is CC(=O)OCC(C)(C)[C@@H](O)C(=O)NCCC(=O)NCCSC(=O)CC(=O)NCCc1c[nH]c2ccc(O)cc12. The third kappa shape index (κ3) is 11.0. The van der Waals surface area contributed by atoms with Crippen LogP contribution in [-0.2, 0) is 35.1 Å². The van der Waals surface area contributed by atoms with E-state index in [1.165, 1.54) is 6.92 Å². The Morgan fingerprint density at radius 1 is 1.05 bits per heavy atom. The highest BCUT2D eigenvalue weighted by Gasteiger charge is 2.34. The van der Waals surface area contributed by atoms with Gasteiger partial charge in [-0.3, -0.25) is 24.0 Å². The maximum absolute atomic E-state index is 12.1. The number of nitrogens with one attached hydrogen (secondary N) is 4. The van der Waals surface area contributed by atoms with Gasteiger partial charge < -0.3 is 35.9 Å². The molecule has 0 unspecified atom stereocenters. The average molecular weight is 565 g/mol. The maximum Gasteiger partial charge on any atom is 0.302 e. The van der Waals surface area contributed by atoms with Gasteiger partial charge in [-0.2, -0.15) is 0 Å². The number of thioether (sulfide) groups is 1. The monoisotopic (exact) mass is 564 g/mol. The van der Waals surface area contributed by atoms with Gasteiger partial charge >= 0.3 is 5.97 Å². The number of hydrogen-bond acceptors (Lipinski definition) is 9. The summed E-state index contributed by atoms with van der Waals surface area (Å²) >= 11 is 0.938. The van der Waals surface area contributed by atoms with Crippen LogP contribution in [0.3, 0.4) is 0 Å². The molecule has 0 saturated heterocycles. The lowest BCUT2D eigenvalue weighted by molar-refractivity contribution is -0.151. The first-order valence-electron chi connectivity index (χ1n) is 12.5. The van der Waals surface area contributed by atoms with Gasteiger partial charge in [0.25, 0.3) is 0 Å². The van der Waals surface area contributed by atoms with Crippen molar-refractivity contribution in [1.82, 2.24) is 20.9 Å². The molecule has 2 rings (SSSR count). The summed E-state index contributed by atoms with van der Waals surface area (Å²) in [7, 11) is 0. The molecule has 39 heavy (non-hydrogen) atoms. The molecule has 3 amide bonds. The highest BCUT2D eigenvalue weighted by molar-refractivity contribution is 8.13. The molecule has 2 aromatic rings. The van der Waals surface area contributed by atoms with Crippen LogP contribution in [0.1, 0.15) is 39.2 Å². The maximum atomic E-state index is 12.1. The Hall–Kier alpha value is -3.58. The van der Waals surface area contributed by atoms with Crippen molar-refractivity contribution < 1.29 is 38.9 Å². The Bertz CT molecular complexity index is 1180. The van der Waals surface area contributed by atoms with Crippen LogP contribution >= 0.6 is 11.8 Å². The Labute approximate surface area is 230 Å². The normalized spacial score (nSPS) is 12.0. The van der Waals surface area contributed by atoms with Crippen molar-refractivity contribution in [3.8, 4) is 5.75 Å². The van der Waals surface area contributed by atoms with Crippen LogP contribution in [-0.4, -0.2) is 82.1 Å². The second-order valence-electron chi connectivity index (χ2n) is 9.60. The standard InChI is InChI=1S/C26H36N4O8S/c1-16(31)38-15-26(2,3)24(36)25(37)29-9-7-21(33)28-10-11-39-23(35)13-22(34)27-8-6-17-14-30-20-5-4-18(32)12-19(17)20/h4-5,12,14,24,30,32,36H,6-11,13,15H2,1-3H3,(H,27,34)(H,28,33)(H,29,37)/t24-/m0/s1. The Balaban J connectivity index is 1.55. The van der Waals surface area contributed by atoms with Crippen molar-refractivity contribution in [3.05, 3.63) is 30.0 Å². The lowest BCUT2D eigenvalue weighted by Gasteiger charge is -2.28. The molecular weight excluding hydrogens is 528 g/mol. The zero-order valence-electron chi connectivity index (χ0n) is 22.3. The van der Waals surface area contributed by atoms with Gasteiger partial charge in [0, 0.05) is 61.2 Å². The number of carbonyl (C=O) groups is 5. The molecule has 1 atom stereocenters. The Kier molecular flexibility index (Phi) is 12.3. The number of aliphatic hydroxyl groups is 1. The minimum absolute atomic E-state index is 0.00265. The Morgan fingerprint density at radius 3 is 2.49 bits per heavy atom. The summed E-state index contributed by atoms with van der Waals surface area (Å²) in [6, 6.07) is 5.01. The average Bonchev–Trinajstić information content (AvgIpc) is 3.26. The molecule has 0 saturated carbocycles. The number of phenolic OH excluding ortho intramolecular Hbond substituents is 1. The quantitative estimate of drug-likeness (QED) is 0.103. The van der Waals surface area contributed by atoms with Crippen LogP contribution in [0.5, 0.6) is 5.75 Å². The number of aliphatic hydroxyl groups excluding tert-OH is 1. The van der Waals surface area contributed by atoms with Gasteiger partial charge in [-0.1, -0.05) is 25.6 Å². The molecule has 0 aliphatic carbocycles. The summed E-state index contributed by atoms with van der Waals surface area (Å²) < 4.78 is 4.86. The van der Waals surface area contributed by atoms with E-state index in [0.29, 0.717) is 13.0 Å². The van der Waals surface area contributed by atoms with Crippen LogP contribution in [0, 0.1) is 5.41 Å². The third-order valence-electron chi connectivity index (χ3n) is 5.75. The minimum Gasteiger partial charge on any atom is -0.508 e. The summed E-state index contributed by atoms with van der Waals surface area (Å²) in [5, 5.41) is 28.2. The predicted molar refractivity (Wildman–Crippen MR) is 146 cm³/mol. The number of H-pyrrole nitrogens is 1. The van der Waals surface area contributed by atoms with Crippen LogP contribution < -0.4 is 16.0 Å². The number of carbonyl (C=O) groups excluding carboxylic acids is 5. The predicted octanol–water partition coefficient (Wildman–Crippen LogP) is 0.755. The fraction of sp³-hybridized carbons (Fsp3) is 0.500. The molecule has 0 aliphatic rings. The molecule has 1 aromatic carbocycles. The van der Waals surface area contributed by atoms with E-state index in [4.69, 9.17) is 4.74 Å². The number of hydrogen-bond donors (Lipinski definition) is 6. The topological polar surface area (TPSA) is 187 Å². The molecule has 0 spiro atoms. The molecule has 214 valence electrons. The molecule has 0 radical (unpaired) electrons. The first kappa shape index (κ1) is 31.6. The molecule has 0 fully saturated rings. The molecule has 13 heteroatoms. The number of benzene rings is 1. The highest BCUT2D eigenvalue weighted by atomic mass is 32.2. The van der Waals surface area contributed by atoms with Gasteiger partial charge in [0.2, 0.25) is 17.7 Å². The molecule has 1 heterocycles. The summed E-state index contributed by atoms with van der Waals surface area (Å²) in [5.41, 5.74) is 0.825. The van der Waals surface area contributed by atoms with Gasteiger partial charge in [0.05, 0.1) is 13.0 Å². The lowest BCUT2D eigenvalue weighted by atomic mass is 9.87. The number of ether oxygens (including phenoxy) is 1. The van der Waals surface area contributed by atoms with Crippen LogP contribution in [0.2, 0.25) is 0 Å². The fourth-order valence-corrected chi connectivity index (χ4v) is 4.18. The molecular formula is C26H36N4O8S. The van der Waals surface area contributed by atoms with Crippen molar-refractivity contribution in [2.24, 2.45) is 5.41 Å². The zero-order valence-corrected chi connectivity index (χ0v) is 23.1. The number of amides is 3. The number of esters is 1. The van der Waals surface area contributed by atoms with Gasteiger partial charge in [-0.25, -0.2) is 0 Å².